The van der Waals surface area contributed by atoms with E-state index < -0.39 is 121 Å². The maximum atomic E-state index is 10.4. The van der Waals surface area contributed by atoms with E-state index in [4.69, 9.17) is 19.8 Å². The first-order valence-corrected chi connectivity index (χ1v) is 21.1. The smallest absolute Gasteiger partial charge is 0.202 e. The van der Waals surface area contributed by atoms with E-state index in [1.807, 2.05) is 66.7 Å². The van der Waals surface area contributed by atoms with E-state index in [1.54, 1.807) is 12.1 Å². The Labute approximate surface area is 375 Å². The Morgan fingerprint density at radius 2 is 1.07 bits per heavy atom. The molecular weight excluding hydrogens is 750 g/mol. The SMILES string of the molecule is [2H]c1c([2H])c([2H])c(-c2c([2H])c(-c3ccccc3[Si](c3ccccc3)(c3ccccc3)c3ccccc3)c([2H])c3c2[B]c2c([2H])c(-n4c5c([2H])c([2H])c([2H])c([2H])c5c5c([2H])c([2H])c([2H])c([2H])c54)c([2H])c([2H])c2O3)c(S)c1[2H]. The van der Waals surface area contributed by atoms with Crippen molar-refractivity contribution in [2.75, 3.05) is 0 Å². The fraction of sp³-hybridized carbons (Fsp3) is 0. The molecule has 1 aromatic heterocycles. The van der Waals surface area contributed by atoms with E-state index in [9.17, 15) is 8.22 Å². The molecule has 0 atom stereocenters. The van der Waals surface area contributed by atoms with Crippen molar-refractivity contribution in [3.63, 3.8) is 0 Å². The van der Waals surface area contributed by atoms with Gasteiger partial charge >= 0.3 is 0 Å². The molecule has 277 valence electrons. The van der Waals surface area contributed by atoms with Gasteiger partial charge in [0.25, 0.3) is 0 Å². The van der Waals surface area contributed by atoms with E-state index in [0.717, 1.165) is 25.3 Å². The lowest BCUT2D eigenvalue weighted by atomic mass is 9.59. The summed E-state index contributed by atoms with van der Waals surface area (Å²) < 4.78 is 163. The number of rotatable bonds is 7. The maximum Gasteiger partial charge on any atom is 0.202 e. The van der Waals surface area contributed by atoms with Crippen LogP contribution in [0, 0.1) is 0 Å². The molecule has 0 unspecified atom stereocenters. The number of benzene rings is 9. The van der Waals surface area contributed by atoms with Gasteiger partial charge in [-0.15, -0.1) is 12.6 Å². The average Bonchev–Trinajstić information content (AvgIpc) is 3.82. The van der Waals surface area contributed by atoms with Crippen molar-refractivity contribution in [1.82, 2.24) is 4.57 Å². The van der Waals surface area contributed by atoms with Crippen molar-refractivity contribution in [2.24, 2.45) is 0 Å². The van der Waals surface area contributed by atoms with Crippen LogP contribution in [0.15, 0.2) is 223 Å². The van der Waals surface area contributed by atoms with Gasteiger partial charge in [0.15, 0.2) is 8.07 Å². The number of ether oxygens (including phenoxy) is 1. The van der Waals surface area contributed by atoms with Crippen LogP contribution in [-0.4, -0.2) is 19.9 Å². The molecule has 2 nitrogen and oxygen atoms in total. The maximum absolute atomic E-state index is 10.4. The molecule has 10 aromatic rings. The molecule has 0 saturated heterocycles. The number of fused-ring (bicyclic) bond motifs is 5. The summed E-state index contributed by atoms with van der Waals surface area (Å²) in [5.41, 5.74) is -1.67. The van der Waals surface area contributed by atoms with Gasteiger partial charge in [0, 0.05) is 21.4 Å². The van der Waals surface area contributed by atoms with E-state index in [0.29, 0.717) is 5.56 Å². The number of thiol groups is 1. The van der Waals surface area contributed by atoms with Crippen LogP contribution in [0.3, 0.4) is 0 Å². The minimum Gasteiger partial charge on any atom is -0.458 e. The second-order valence-electron chi connectivity index (χ2n) is 13.9. The summed E-state index contributed by atoms with van der Waals surface area (Å²) in [6, 6.07) is 26.5. The van der Waals surface area contributed by atoms with Crippen LogP contribution in [0.5, 0.6) is 11.5 Å². The molecule has 0 spiro atoms. The fourth-order valence-corrected chi connectivity index (χ4v) is 13.4. The molecule has 1 aliphatic heterocycles. The number of hydrogen-bond donors (Lipinski definition) is 1. The van der Waals surface area contributed by atoms with Gasteiger partial charge in [-0.1, -0.05) is 170 Å². The molecule has 0 saturated carbocycles. The Morgan fingerprint density at radius 3 is 1.71 bits per heavy atom. The Kier molecular flexibility index (Phi) is 5.38. The normalized spacial score (nSPS) is 16.1. The summed E-state index contributed by atoms with van der Waals surface area (Å²) in [6.07, 6.45) is 0. The zero-order chi connectivity index (χ0) is 54.1. The van der Waals surface area contributed by atoms with Crippen molar-refractivity contribution < 1.29 is 28.0 Å². The van der Waals surface area contributed by atoms with Gasteiger partial charge in [-0.05, 0) is 102 Å². The Balaban J connectivity index is 1.26. The molecule has 0 bridgehead atoms. The molecule has 1 radical (unpaired) electrons. The molecule has 2 heterocycles. The second kappa shape index (κ2) is 14.5. The largest absolute Gasteiger partial charge is 0.458 e. The van der Waals surface area contributed by atoms with Gasteiger partial charge in [0.2, 0.25) is 7.28 Å². The van der Waals surface area contributed by atoms with Crippen molar-refractivity contribution in [2.45, 2.75) is 4.90 Å². The lowest BCUT2D eigenvalue weighted by molar-refractivity contribution is 0.488. The molecule has 59 heavy (non-hydrogen) atoms. The lowest BCUT2D eigenvalue weighted by Gasteiger charge is -2.36. The van der Waals surface area contributed by atoms with E-state index in [-0.39, 0.29) is 61.1 Å². The first-order valence-electron chi connectivity index (χ1n) is 27.2. The third-order valence-electron chi connectivity index (χ3n) is 10.7. The third kappa shape index (κ3) is 5.80. The topological polar surface area (TPSA) is 14.2 Å². The van der Waals surface area contributed by atoms with E-state index in [2.05, 4.69) is 49.0 Å². The van der Waals surface area contributed by atoms with Crippen molar-refractivity contribution in [3.05, 3.63) is 218 Å². The molecule has 0 amide bonds. The monoisotopic (exact) mass is 803 g/mol. The standard InChI is InChI=1S/C54H37BNOSSi/c58-52-30-16-12-27-45(52)46-34-37(42-24-13-17-31-53(42)59(39-18-4-1-5-19-39,40-20-6-2-7-21-40)41-22-8-3-9-23-41)35-51-54(46)55-47-36-38(32-33-50(47)57-51)56-48-28-14-10-25-43(48)44-26-11-15-29-49(44)56/h1-36,58H/i10D,11D,12D,14D,15D,16D,25D,26D,27D,28D,29D,30D,32D,33D,34D,35D,36D. The van der Waals surface area contributed by atoms with Crippen molar-refractivity contribution in [1.29, 1.82) is 0 Å². The summed E-state index contributed by atoms with van der Waals surface area (Å²) >= 11 is 4.67. The highest BCUT2D eigenvalue weighted by atomic mass is 32.1. The summed E-state index contributed by atoms with van der Waals surface area (Å²) in [5, 5.41) is 3.04. The molecule has 0 fully saturated rings. The van der Waals surface area contributed by atoms with Crippen LogP contribution in [0.2, 0.25) is 0 Å². The average molecular weight is 804 g/mol. The molecular formula is C54H37BNOSSi. The minimum absolute atomic E-state index is 0.00472. The van der Waals surface area contributed by atoms with Gasteiger partial charge in [0.1, 0.15) is 11.5 Å². The summed E-state index contributed by atoms with van der Waals surface area (Å²) in [6.45, 7) is 0. The first-order chi connectivity index (χ1) is 36.3. The predicted molar refractivity (Wildman–Crippen MR) is 254 cm³/mol. The fourth-order valence-electron chi connectivity index (χ4n) is 8.20. The zero-order valence-electron chi connectivity index (χ0n) is 47.8. The van der Waals surface area contributed by atoms with Gasteiger partial charge in [-0.25, -0.2) is 0 Å². The van der Waals surface area contributed by atoms with Crippen LogP contribution >= 0.6 is 12.6 Å². The molecule has 5 heteroatoms. The van der Waals surface area contributed by atoms with Crippen molar-refractivity contribution >= 4 is 81.5 Å². The van der Waals surface area contributed by atoms with Crippen LogP contribution in [-0.2, 0) is 0 Å². The van der Waals surface area contributed by atoms with Gasteiger partial charge in [0.05, 0.1) is 34.3 Å². The quantitative estimate of drug-likeness (QED) is 0.0964. The molecule has 0 aliphatic carbocycles. The Hall–Kier alpha value is -6.79. The van der Waals surface area contributed by atoms with Gasteiger partial charge < -0.3 is 9.30 Å². The number of para-hydroxylation sites is 2. The van der Waals surface area contributed by atoms with Crippen LogP contribution in [0.1, 0.15) is 23.3 Å². The summed E-state index contributed by atoms with van der Waals surface area (Å²) in [7, 11) is -2.16. The predicted octanol–water partition coefficient (Wildman–Crippen LogP) is 9.54. The highest BCUT2D eigenvalue weighted by Gasteiger charge is 2.43. The molecule has 1 aliphatic rings. The molecule has 11 rings (SSSR count). The highest BCUT2D eigenvalue weighted by Crippen LogP contribution is 2.37. The summed E-state index contributed by atoms with van der Waals surface area (Å²) in [5.74, 6) is -0.690. The summed E-state index contributed by atoms with van der Waals surface area (Å²) in [4.78, 5) is -0.248. The van der Waals surface area contributed by atoms with Crippen LogP contribution < -0.4 is 36.4 Å². The Bertz CT molecular complexity index is 3960. The zero-order valence-corrected chi connectivity index (χ0v) is 32.7. The van der Waals surface area contributed by atoms with Crippen molar-refractivity contribution in [3.8, 4) is 39.4 Å². The number of aromatic nitrogens is 1. The molecule has 0 N–H and O–H groups in total. The van der Waals surface area contributed by atoms with E-state index >= 15 is 0 Å². The van der Waals surface area contributed by atoms with E-state index in [1.165, 1.54) is 7.28 Å². The Morgan fingerprint density at radius 1 is 0.508 bits per heavy atom. The lowest BCUT2D eigenvalue weighted by Crippen LogP contribution is -2.75. The second-order valence-corrected chi connectivity index (χ2v) is 18.1. The highest BCUT2D eigenvalue weighted by molar-refractivity contribution is 7.80. The van der Waals surface area contributed by atoms with Crippen LogP contribution in [0.4, 0.5) is 0 Å². The number of hydrogen-bond acceptors (Lipinski definition) is 2. The van der Waals surface area contributed by atoms with Crippen LogP contribution in [0.25, 0.3) is 49.7 Å². The first kappa shape index (κ1) is 21.8. The van der Waals surface area contributed by atoms with Gasteiger partial charge in [-0.3, -0.25) is 0 Å². The minimum atomic E-state index is -3.46. The molecule has 9 aromatic carbocycles. The third-order valence-corrected chi connectivity index (χ3v) is 15.9. The number of nitrogens with zero attached hydrogens (tertiary/aromatic N) is 1. The van der Waals surface area contributed by atoms with Gasteiger partial charge in [-0.2, -0.15) is 0 Å².